The van der Waals surface area contributed by atoms with Crippen LogP contribution in [0.5, 0.6) is 0 Å². The first-order valence-corrected chi connectivity index (χ1v) is 6.53. The van der Waals surface area contributed by atoms with Gasteiger partial charge < -0.3 is 15.5 Å². The molecule has 2 aromatic rings. The summed E-state index contributed by atoms with van der Waals surface area (Å²) in [5, 5.41) is 22.1. The maximum Gasteiger partial charge on any atom is 0.374 e. The van der Waals surface area contributed by atoms with Crippen molar-refractivity contribution in [2.75, 3.05) is 11.9 Å². The van der Waals surface area contributed by atoms with Crippen LogP contribution in [-0.4, -0.2) is 38.8 Å². The molecule has 0 aliphatic rings. The molecule has 1 heterocycles. The maximum atomic E-state index is 11.1. The molecular weight excluding hydrogens is 258 g/mol. The summed E-state index contributed by atoms with van der Waals surface area (Å²) in [5.74, 6) is -0.896. The van der Waals surface area contributed by atoms with Crippen molar-refractivity contribution in [1.29, 1.82) is 0 Å². The number of rotatable bonds is 6. The monoisotopic (exact) mass is 275 g/mol. The minimum absolute atomic E-state index is 0.0416. The number of aliphatic hydroxyl groups excluding tert-OH is 1. The maximum absolute atomic E-state index is 11.1. The highest BCUT2D eigenvalue weighted by Crippen LogP contribution is 2.21. The third kappa shape index (κ3) is 3.03. The Morgan fingerprint density at radius 1 is 1.35 bits per heavy atom. The smallest absolute Gasteiger partial charge is 0.374 e. The van der Waals surface area contributed by atoms with Crippen LogP contribution < -0.4 is 5.32 Å². The highest BCUT2D eigenvalue weighted by Gasteiger charge is 2.14. The van der Waals surface area contributed by atoms with Crippen molar-refractivity contribution in [3.05, 3.63) is 30.1 Å². The zero-order valence-corrected chi connectivity index (χ0v) is 11.2. The molecule has 0 saturated carbocycles. The third-order valence-corrected chi connectivity index (χ3v) is 3.11. The number of carbonyl (C=O) groups is 1. The lowest BCUT2D eigenvalue weighted by molar-refractivity contribution is 0.0684. The molecular formula is C14H17N3O3. The Bertz CT molecular complexity index is 616. The Balaban J connectivity index is 2.46. The van der Waals surface area contributed by atoms with Crippen LogP contribution >= 0.6 is 0 Å². The first-order chi connectivity index (χ1) is 9.65. The zero-order chi connectivity index (χ0) is 14.5. The average molecular weight is 275 g/mol. The van der Waals surface area contributed by atoms with Crippen molar-refractivity contribution in [2.24, 2.45) is 0 Å². The van der Waals surface area contributed by atoms with E-state index in [0.29, 0.717) is 17.8 Å². The Hall–Kier alpha value is -2.21. The standard InChI is InChI=1S/C14H17N3O3/c1-2-9(7-8-18)15-12-10-5-3-4-6-11(10)16-13(17-12)14(19)20/h3-6,9,18H,2,7-8H2,1H3,(H,19,20)(H,15,16,17). The molecule has 6 heteroatoms. The van der Waals surface area contributed by atoms with Crippen LogP contribution in [0.2, 0.25) is 0 Å². The molecule has 6 nitrogen and oxygen atoms in total. The van der Waals surface area contributed by atoms with Gasteiger partial charge in [-0.15, -0.1) is 0 Å². The van der Waals surface area contributed by atoms with Gasteiger partial charge in [0.15, 0.2) is 0 Å². The molecule has 2 rings (SSSR count). The molecule has 1 atom stereocenters. The minimum Gasteiger partial charge on any atom is -0.475 e. The summed E-state index contributed by atoms with van der Waals surface area (Å²) in [6, 6.07) is 7.29. The second kappa shape index (κ2) is 6.29. The molecule has 20 heavy (non-hydrogen) atoms. The number of hydrogen-bond donors (Lipinski definition) is 3. The number of carboxylic acid groups (broad SMARTS) is 1. The fraction of sp³-hybridized carbons (Fsp3) is 0.357. The molecule has 106 valence electrons. The van der Waals surface area contributed by atoms with E-state index in [0.717, 1.165) is 11.8 Å². The molecule has 1 unspecified atom stereocenters. The van der Waals surface area contributed by atoms with Crippen LogP contribution in [0.4, 0.5) is 5.82 Å². The molecule has 0 radical (unpaired) electrons. The number of nitrogens with zero attached hydrogens (tertiary/aromatic N) is 2. The Labute approximate surface area is 116 Å². The van der Waals surface area contributed by atoms with Crippen LogP contribution in [0.1, 0.15) is 30.4 Å². The van der Waals surface area contributed by atoms with E-state index < -0.39 is 5.97 Å². The number of anilines is 1. The fourth-order valence-corrected chi connectivity index (χ4v) is 2.01. The molecule has 0 spiro atoms. The summed E-state index contributed by atoms with van der Waals surface area (Å²) >= 11 is 0. The van der Waals surface area contributed by atoms with Crippen LogP contribution in [-0.2, 0) is 0 Å². The number of benzene rings is 1. The van der Waals surface area contributed by atoms with Gasteiger partial charge in [0.05, 0.1) is 5.52 Å². The molecule has 1 aromatic carbocycles. The van der Waals surface area contributed by atoms with E-state index in [-0.39, 0.29) is 18.5 Å². The van der Waals surface area contributed by atoms with Crippen molar-refractivity contribution < 1.29 is 15.0 Å². The summed E-state index contributed by atoms with van der Waals surface area (Å²) < 4.78 is 0. The van der Waals surface area contributed by atoms with Gasteiger partial charge >= 0.3 is 5.97 Å². The predicted octanol–water partition coefficient (Wildman–Crippen LogP) is 1.90. The number of hydrogen-bond acceptors (Lipinski definition) is 5. The first-order valence-electron chi connectivity index (χ1n) is 6.53. The number of nitrogens with one attached hydrogen (secondary N) is 1. The molecule has 0 bridgehead atoms. The van der Waals surface area contributed by atoms with Gasteiger partial charge in [-0.1, -0.05) is 19.1 Å². The van der Waals surface area contributed by atoms with Crippen LogP contribution in [0.15, 0.2) is 24.3 Å². The van der Waals surface area contributed by atoms with Crippen LogP contribution in [0.3, 0.4) is 0 Å². The number of aromatic nitrogens is 2. The quantitative estimate of drug-likeness (QED) is 0.745. The molecule has 1 aromatic heterocycles. The molecule has 0 fully saturated rings. The minimum atomic E-state index is -1.16. The van der Waals surface area contributed by atoms with Gasteiger partial charge in [0.25, 0.3) is 0 Å². The summed E-state index contributed by atoms with van der Waals surface area (Å²) in [6.07, 6.45) is 1.39. The number of aliphatic hydroxyl groups is 1. The van der Waals surface area contributed by atoms with Crippen molar-refractivity contribution in [1.82, 2.24) is 9.97 Å². The van der Waals surface area contributed by atoms with E-state index in [1.807, 2.05) is 19.1 Å². The second-order valence-corrected chi connectivity index (χ2v) is 4.48. The second-order valence-electron chi connectivity index (χ2n) is 4.48. The SMILES string of the molecule is CCC(CCO)Nc1nc(C(=O)O)nc2ccccc12. The van der Waals surface area contributed by atoms with E-state index in [9.17, 15) is 4.79 Å². The van der Waals surface area contributed by atoms with Crippen LogP contribution in [0, 0.1) is 0 Å². The third-order valence-electron chi connectivity index (χ3n) is 3.11. The zero-order valence-electron chi connectivity index (χ0n) is 11.2. The lowest BCUT2D eigenvalue weighted by atomic mass is 10.1. The van der Waals surface area contributed by atoms with E-state index in [4.69, 9.17) is 10.2 Å². The summed E-state index contributed by atoms with van der Waals surface area (Å²) in [6.45, 7) is 2.06. The highest BCUT2D eigenvalue weighted by atomic mass is 16.4. The van der Waals surface area contributed by atoms with Crippen molar-refractivity contribution in [2.45, 2.75) is 25.8 Å². The Kier molecular flexibility index (Phi) is 4.47. The molecule has 3 N–H and O–H groups in total. The molecule has 0 amide bonds. The van der Waals surface area contributed by atoms with Gasteiger partial charge in [-0.25, -0.2) is 14.8 Å². The van der Waals surface area contributed by atoms with E-state index >= 15 is 0 Å². The number of fused-ring (bicyclic) bond motifs is 1. The first kappa shape index (κ1) is 14.2. The van der Waals surface area contributed by atoms with E-state index in [1.54, 1.807) is 12.1 Å². The predicted molar refractivity (Wildman–Crippen MR) is 75.9 cm³/mol. The summed E-state index contributed by atoms with van der Waals surface area (Å²) in [5.41, 5.74) is 0.584. The van der Waals surface area contributed by atoms with E-state index in [1.165, 1.54) is 0 Å². The highest BCUT2D eigenvalue weighted by molar-refractivity contribution is 5.93. The fourth-order valence-electron chi connectivity index (χ4n) is 2.01. The van der Waals surface area contributed by atoms with Gasteiger partial charge in [0.2, 0.25) is 5.82 Å². The largest absolute Gasteiger partial charge is 0.475 e. The lowest BCUT2D eigenvalue weighted by Gasteiger charge is -2.17. The Morgan fingerprint density at radius 3 is 2.75 bits per heavy atom. The normalized spacial score (nSPS) is 12.3. The van der Waals surface area contributed by atoms with Gasteiger partial charge in [0, 0.05) is 18.0 Å². The van der Waals surface area contributed by atoms with Gasteiger partial charge in [0.1, 0.15) is 5.82 Å². The molecule has 0 aliphatic carbocycles. The average Bonchev–Trinajstić information content (AvgIpc) is 2.46. The van der Waals surface area contributed by atoms with Crippen molar-refractivity contribution in [3.8, 4) is 0 Å². The summed E-state index contributed by atoms with van der Waals surface area (Å²) in [4.78, 5) is 19.2. The molecule has 0 saturated heterocycles. The van der Waals surface area contributed by atoms with Gasteiger partial charge in [-0.3, -0.25) is 0 Å². The topological polar surface area (TPSA) is 95.3 Å². The summed E-state index contributed by atoms with van der Waals surface area (Å²) in [7, 11) is 0. The van der Waals surface area contributed by atoms with E-state index in [2.05, 4.69) is 15.3 Å². The van der Waals surface area contributed by atoms with Gasteiger partial charge in [-0.05, 0) is 25.0 Å². The number of aromatic carboxylic acids is 1. The number of carboxylic acids is 1. The van der Waals surface area contributed by atoms with Crippen LogP contribution in [0.25, 0.3) is 10.9 Å². The van der Waals surface area contributed by atoms with Gasteiger partial charge in [-0.2, -0.15) is 0 Å². The Morgan fingerprint density at radius 2 is 2.10 bits per heavy atom. The number of para-hydroxylation sites is 1. The van der Waals surface area contributed by atoms with Crippen molar-refractivity contribution >= 4 is 22.7 Å². The lowest BCUT2D eigenvalue weighted by Crippen LogP contribution is -2.21. The van der Waals surface area contributed by atoms with Crippen molar-refractivity contribution in [3.63, 3.8) is 0 Å². The molecule has 0 aliphatic heterocycles.